The number of nitrogens with one attached hydrogen (secondary N) is 3. The van der Waals surface area contributed by atoms with E-state index in [0.717, 1.165) is 0 Å². The Bertz CT molecular complexity index is 1210. The second-order valence-electron chi connectivity index (χ2n) is 10.7. The Morgan fingerprint density at radius 2 is 1.27 bits per heavy atom. The van der Waals surface area contributed by atoms with E-state index in [1.807, 2.05) is 0 Å². The van der Waals surface area contributed by atoms with Gasteiger partial charge in [0.25, 0.3) is 29.5 Å². The van der Waals surface area contributed by atoms with Crippen molar-refractivity contribution >= 4 is 53.6 Å². The monoisotopic (exact) mass is 687 g/mol. The number of carbonyl (C=O) groups is 6. The van der Waals surface area contributed by atoms with Crippen LogP contribution in [-0.2, 0) is 28.8 Å². The Labute approximate surface area is 275 Å². The predicted molar refractivity (Wildman–Crippen MR) is 165 cm³/mol. The zero-order valence-electron chi connectivity index (χ0n) is 26.9. The number of amides is 6. The largest absolute Gasteiger partial charge is 0.377 e. The van der Waals surface area contributed by atoms with Gasteiger partial charge in [0, 0.05) is 19.6 Å². The summed E-state index contributed by atoms with van der Waals surface area (Å²) in [6.45, 7) is 2.69. The average molecular weight is 688 g/mol. The van der Waals surface area contributed by atoms with Gasteiger partial charge in [-0.2, -0.15) is 15.2 Å². The number of aliphatic imine (C=N–C) groups is 3. The van der Waals surface area contributed by atoms with E-state index in [2.05, 4.69) is 30.9 Å². The molecule has 0 radical (unpaired) electrons. The van der Waals surface area contributed by atoms with Crippen LogP contribution in [0.3, 0.4) is 0 Å². The van der Waals surface area contributed by atoms with Crippen LogP contribution < -0.4 is 16.0 Å². The predicted octanol–water partition coefficient (Wildman–Crippen LogP) is -3.32. The standard InChI is InChI=1S/C27H45N9O12/c1-16(37)34(46)10-4-7-19-25(43)30-14-23(41)28-13-22(40)29-15-24(42)31-20(8-5-11-35(47)17(2)38)26(44)33-21(27(45)32-19)9-6-12-36(48)18(3)39/h13,15-18,20-21,37-39,46-48H,4-12,14H2,1-3H3,(H,30,43)(H,31,42)(H,33,44)/t16?,17-,18-,20-,21-/m0/s1. The first-order valence-corrected chi connectivity index (χ1v) is 15.1. The fourth-order valence-corrected chi connectivity index (χ4v) is 3.91. The first-order chi connectivity index (χ1) is 22.5. The van der Waals surface area contributed by atoms with E-state index in [1.165, 1.54) is 20.8 Å². The van der Waals surface area contributed by atoms with Crippen molar-refractivity contribution in [1.82, 2.24) is 31.1 Å². The van der Waals surface area contributed by atoms with Gasteiger partial charge in [0.2, 0.25) is 5.91 Å². The molecule has 9 N–H and O–H groups in total. The molecule has 0 saturated carbocycles. The summed E-state index contributed by atoms with van der Waals surface area (Å²) in [6, 6.07) is -2.85. The van der Waals surface area contributed by atoms with E-state index in [4.69, 9.17) is 0 Å². The molecule has 1 unspecified atom stereocenters. The highest BCUT2D eigenvalue weighted by molar-refractivity contribution is 6.41. The van der Waals surface area contributed by atoms with E-state index < -0.39 is 78.5 Å². The van der Waals surface area contributed by atoms with Crippen LogP contribution in [0, 0.1) is 0 Å². The number of carbonyl (C=O) groups excluding carboxylic acids is 6. The number of rotatable bonds is 15. The minimum Gasteiger partial charge on any atom is -0.377 e. The van der Waals surface area contributed by atoms with Gasteiger partial charge in [0.1, 0.15) is 36.5 Å². The van der Waals surface area contributed by atoms with Crippen molar-refractivity contribution in [3.05, 3.63) is 0 Å². The lowest BCUT2D eigenvalue weighted by Gasteiger charge is -2.24. The minimum absolute atomic E-state index is 0.00708. The summed E-state index contributed by atoms with van der Waals surface area (Å²) in [5.74, 6) is -6.07. The average Bonchev–Trinajstić information content (AvgIpc) is 3.02. The Morgan fingerprint density at radius 3 is 1.81 bits per heavy atom. The van der Waals surface area contributed by atoms with Gasteiger partial charge in [-0.1, -0.05) is 0 Å². The first kappa shape index (κ1) is 42.1. The van der Waals surface area contributed by atoms with Crippen molar-refractivity contribution < 1.29 is 59.7 Å². The summed E-state index contributed by atoms with van der Waals surface area (Å²) in [5.41, 5.74) is -0.421. The summed E-state index contributed by atoms with van der Waals surface area (Å²) in [7, 11) is 0. The molecule has 0 aromatic carbocycles. The molecule has 5 atom stereocenters. The van der Waals surface area contributed by atoms with Crippen LogP contribution in [0.25, 0.3) is 0 Å². The summed E-state index contributed by atoms with van der Waals surface area (Å²) in [6.07, 6.45) is -3.25. The molecule has 1 heterocycles. The minimum atomic E-state index is -1.46. The molecule has 0 fully saturated rings. The molecule has 0 aliphatic carbocycles. The molecule has 21 nitrogen and oxygen atoms in total. The van der Waals surface area contributed by atoms with Gasteiger partial charge in [0.15, 0.2) is 0 Å². The molecular weight excluding hydrogens is 642 g/mol. The summed E-state index contributed by atoms with van der Waals surface area (Å²) >= 11 is 0. The van der Waals surface area contributed by atoms with Gasteiger partial charge in [-0.05, 0) is 59.3 Å². The molecule has 48 heavy (non-hydrogen) atoms. The highest BCUT2D eigenvalue weighted by Gasteiger charge is 2.28. The lowest BCUT2D eigenvalue weighted by Crippen LogP contribution is -2.52. The van der Waals surface area contributed by atoms with Crippen molar-refractivity contribution in [2.45, 2.75) is 90.1 Å². The summed E-state index contributed by atoms with van der Waals surface area (Å²) < 4.78 is 0. The van der Waals surface area contributed by atoms with Crippen molar-refractivity contribution in [3.63, 3.8) is 0 Å². The third kappa shape index (κ3) is 16.8. The smallest absolute Gasteiger partial charge is 0.288 e. The van der Waals surface area contributed by atoms with Crippen molar-refractivity contribution in [2.24, 2.45) is 15.0 Å². The Morgan fingerprint density at radius 1 is 0.750 bits per heavy atom. The molecule has 1 aliphatic rings. The highest BCUT2D eigenvalue weighted by atomic mass is 16.5. The van der Waals surface area contributed by atoms with Crippen molar-refractivity contribution in [1.29, 1.82) is 0 Å². The molecule has 0 aromatic rings. The van der Waals surface area contributed by atoms with Crippen LogP contribution in [0.1, 0.15) is 59.3 Å². The van der Waals surface area contributed by atoms with E-state index in [0.29, 0.717) is 27.6 Å². The normalized spacial score (nSPS) is 21.0. The van der Waals surface area contributed by atoms with E-state index in [9.17, 15) is 59.7 Å². The number of nitrogens with zero attached hydrogens (tertiary/aromatic N) is 6. The lowest BCUT2D eigenvalue weighted by atomic mass is 10.1. The van der Waals surface area contributed by atoms with Crippen LogP contribution >= 0.6 is 0 Å². The van der Waals surface area contributed by atoms with Crippen LogP contribution in [0.4, 0.5) is 0 Å². The number of hydrogen-bond donors (Lipinski definition) is 9. The second kappa shape index (κ2) is 21.8. The Hall–Kier alpha value is -3.93. The molecular formula is C27H45N9O12. The lowest BCUT2D eigenvalue weighted by molar-refractivity contribution is -0.189. The van der Waals surface area contributed by atoms with Gasteiger partial charge in [-0.3, -0.25) is 28.8 Å². The summed E-state index contributed by atoms with van der Waals surface area (Å²) in [4.78, 5) is 87.1. The maximum absolute atomic E-state index is 13.5. The fraction of sp³-hybridized carbons (Fsp3) is 0.667. The number of aliphatic hydroxyl groups excluding tert-OH is 3. The third-order valence-corrected chi connectivity index (χ3v) is 6.64. The van der Waals surface area contributed by atoms with Crippen LogP contribution in [-0.4, -0.2) is 157 Å². The molecule has 0 saturated heterocycles. The van der Waals surface area contributed by atoms with Crippen LogP contribution in [0.5, 0.6) is 0 Å². The van der Waals surface area contributed by atoms with Crippen LogP contribution in [0.2, 0.25) is 0 Å². The number of hydroxylamine groups is 6. The van der Waals surface area contributed by atoms with Gasteiger partial charge >= 0.3 is 0 Å². The maximum atomic E-state index is 13.5. The molecule has 0 spiro atoms. The zero-order chi connectivity index (χ0) is 36.4. The fourth-order valence-electron chi connectivity index (χ4n) is 3.91. The zero-order valence-corrected chi connectivity index (χ0v) is 26.9. The molecule has 0 aromatic heterocycles. The third-order valence-electron chi connectivity index (χ3n) is 6.64. The Kier molecular flexibility index (Phi) is 19.2. The molecule has 1 rings (SSSR count). The van der Waals surface area contributed by atoms with Gasteiger partial charge in [0.05, 0.1) is 19.0 Å². The summed E-state index contributed by atoms with van der Waals surface area (Å²) in [5, 5.41) is 66.7. The van der Waals surface area contributed by atoms with E-state index >= 15 is 0 Å². The molecule has 0 bridgehead atoms. The van der Waals surface area contributed by atoms with Gasteiger partial charge in [-0.25, -0.2) is 15.0 Å². The Balaban J connectivity index is 3.50. The maximum Gasteiger partial charge on any atom is 0.288 e. The number of hydrogen-bond acceptors (Lipinski definition) is 15. The topological polar surface area (TPSA) is 307 Å². The van der Waals surface area contributed by atoms with E-state index in [-0.39, 0.29) is 58.2 Å². The molecule has 1 aliphatic heterocycles. The first-order valence-electron chi connectivity index (χ1n) is 15.1. The van der Waals surface area contributed by atoms with Gasteiger partial charge < -0.3 is 46.9 Å². The highest BCUT2D eigenvalue weighted by Crippen LogP contribution is 2.08. The quantitative estimate of drug-likeness (QED) is 0.0601. The molecule has 21 heteroatoms. The van der Waals surface area contributed by atoms with Crippen molar-refractivity contribution in [3.8, 4) is 0 Å². The second-order valence-corrected chi connectivity index (χ2v) is 10.7. The number of aliphatic hydroxyl groups is 3. The van der Waals surface area contributed by atoms with E-state index in [1.54, 1.807) is 0 Å². The molecule has 270 valence electrons. The van der Waals surface area contributed by atoms with Gasteiger partial charge in [-0.15, -0.1) is 0 Å². The van der Waals surface area contributed by atoms with Crippen LogP contribution in [0.15, 0.2) is 15.0 Å². The molecule has 6 amide bonds. The SMILES string of the molecule is CC(O)N(O)CCCC1=NC(=O)[C@H](CCCN(O)[C@H](C)O)NC(=O)[C@H](CCCN(O)[C@H](C)O)NC(=O)C=NC(=O)C=NC(=O)CNC1=O. The van der Waals surface area contributed by atoms with Crippen molar-refractivity contribution in [2.75, 3.05) is 26.2 Å².